The minimum absolute atomic E-state index is 0.199. The summed E-state index contributed by atoms with van der Waals surface area (Å²) in [6.45, 7) is 4.44. The van der Waals surface area contributed by atoms with Crippen LogP contribution in [-0.2, 0) is 19.3 Å². The molecular formula is C18H21NO2. The van der Waals surface area contributed by atoms with Gasteiger partial charge in [0, 0.05) is 35.8 Å². The van der Waals surface area contributed by atoms with Crippen LogP contribution in [0.15, 0.2) is 21.3 Å². The van der Waals surface area contributed by atoms with E-state index < -0.39 is 0 Å². The summed E-state index contributed by atoms with van der Waals surface area (Å²) in [4.78, 5) is 14.4. The summed E-state index contributed by atoms with van der Waals surface area (Å²) in [6.07, 6.45) is 6.58. The fraction of sp³-hybridized carbons (Fsp3) is 0.500. The number of aryl methyl sites for hydroxylation is 3. The Balaban J connectivity index is 2.07. The molecule has 0 saturated heterocycles. The van der Waals surface area contributed by atoms with Crippen LogP contribution >= 0.6 is 0 Å². The Labute approximate surface area is 124 Å². The molecule has 3 heterocycles. The molecule has 4 rings (SSSR count). The number of hydrogen-bond donors (Lipinski definition) is 0. The molecule has 2 aromatic rings. The predicted octanol–water partition coefficient (Wildman–Crippen LogP) is 3.44. The maximum absolute atomic E-state index is 11.9. The molecule has 1 aromatic heterocycles. The van der Waals surface area contributed by atoms with Gasteiger partial charge in [0.1, 0.15) is 5.58 Å². The van der Waals surface area contributed by atoms with Crippen molar-refractivity contribution in [2.24, 2.45) is 0 Å². The summed E-state index contributed by atoms with van der Waals surface area (Å²) in [5.74, 6) is 0. The van der Waals surface area contributed by atoms with Gasteiger partial charge in [-0.2, -0.15) is 0 Å². The quantitative estimate of drug-likeness (QED) is 0.792. The van der Waals surface area contributed by atoms with Crippen LogP contribution in [0, 0.1) is 0 Å². The minimum Gasteiger partial charge on any atom is -0.422 e. The van der Waals surface area contributed by atoms with Gasteiger partial charge in [-0.1, -0.05) is 13.3 Å². The van der Waals surface area contributed by atoms with E-state index in [-0.39, 0.29) is 5.63 Å². The summed E-state index contributed by atoms with van der Waals surface area (Å²) in [7, 11) is 0. The van der Waals surface area contributed by atoms with Crippen LogP contribution in [0.25, 0.3) is 11.0 Å². The predicted molar refractivity (Wildman–Crippen MR) is 85.3 cm³/mol. The lowest BCUT2D eigenvalue weighted by molar-refractivity contribution is 0.547. The van der Waals surface area contributed by atoms with Gasteiger partial charge in [-0.3, -0.25) is 0 Å². The molecule has 3 nitrogen and oxygen atoms in total. The first-order valence-electron chi connectivity index (χ1n) is 8.14. The van der Waals surface area contributed by atoms with Crippen LogP contribution < -0.4 is 10.5 Å². The van der Waals surface area contributed by atoms with E-state index in [0.29, 0.717) is 0 Å². The van der Waals surface area contributed by atoms with Crippen LogP contribution in [-0.4, -0.2) is 13.1 Å². The van der Waals surface area contributed by atoms with E-state index in [0.717, 1.165) is 56.3 Å². The standard InChI is InChI=1S/C18H21NO2/c1-2-5-12-11-16(20)21-18-14-7-4-9-19-8-3-6-13(17(14)19)10-15(12)18/h10-11H,2-9H2,1H3. The molecule has 3 heteroatoms. The average Bonchev–Trinajstić information content (AvgIpc) is 2.49. The van der Waals surface area contributed by atoms with Crippen LogP contribution in [0.5, 0.6) is 0 Å². The highest BCUT2D eigenvalue weighted by molar-refractivity contribution is 5.90. The second-order valence-corrected chi connectivity index (χ2v) is 6.27. The van der Waals surface area contributed by atoms with E-state index in [4.69, 9.17) is 4.42 Å². The Kier molecular flexibility index (Phi) is 3.02. The maximum Gasteiger partial charge on any atom is 0.336 e. The Morgan fingerprint density at radius 3 is 2.81 bits per heavy atom. The van der Waals surface area contributed by atoms with E-state index >= 15 is 0 Å². The second kappa shape index (κ2) is 4.90. The third kappa shape index (κ3) is 1.98. The zero-order chi connectivity index (χ0) is 14.4. The number of hydrogen-bond acceptors (Lipinski definition) is 3. The highest BCUT2D eigenvalue weighted by atomic mass is 16.4. The van der Waals surface area contributed by atoms with Crippen molar-refractivity contribution in [1.82, 2.24) is 0 Å². The summed E-state index contributed by atoms with van der Waals surface area (Å²) < 4.78 is 5.64. The normalized spacial score (nSPS) is 17.1. The lowest BCUT2D eigenvalue weighted by Gasteiger charge is -2.37. The molecule has 0 saturated carbocycles. The molecule has 0 atom stereocenters. The van der Waals surface area contributed by atoms with Crippen molar-refractivity contribution in [3.05, 3.63) is 39.2 Å². The van der Waals surface area contributed by atoms with Crippen molar-refractivity contribution < 1.29 is 4.42 Å². The molecule has 0 spiro atoms. The SMILES string of the molecule is CCCc1cc(=O)oc2c3c4c(cc12)CCCN4CCC3. The maximum atomic E-state index is 11.9. The second-order valence-electron chi connectivity index (χ2n) is 6.27. The van der Waals surface area contributed by atoms with Gasteiger partial charge in [0.2, 0.25) is 0 Å². The first-order valence-corrected chi connectivity index (χ1v) is 8.14. The summed E-state index contributed by atoms with van der Waals surface area (Å²) in [6, 6.07) is 3.98. The Morgan fingerprint density at radius 2 is 2.00 bits per heavy atom. The van der Waals surface area contributed by atoms with E-state index in [9.17, 15) is 4.79 Å². The van der Waals surface area contributed by atoms with Gasteiger partial charge in [0.15, 0.2) is 0 Å². The van der Waals surface area contributed by atoms with Crippen molar-refractivity contribution >= 4 is 16.7 Å². The van der Waals surface area contributed by atoms with Gasteiger partial charge in [-0.25, -0.2) is 4.79 Å². The number of fused-ring (bicyclic) bond motifs is 2. The van der Waals surface area contributed by atoms with Gasteiger partial charge >= 0.3 is 5.63 Å². The molecule has 2 aliphatic heterocycles. The van der Waals surface area contributed by atoms with Crippen molar-refractivity contribution in [3.63, 3.8) is 0 Å². The van der Waals surface area contributed by atoms with Crippen molar-refractivity contribution in [2.75, 3.05) is 18.0 Å². The Hall–Kier alpha value is -1.77. The van der Waals surface area contributed by atoms with Crippen LogP contribution in [0.4, 0.5) is 5.69 Å². The third-order valence-corrected chi connectivity index (χ3v) is 4.83. The largest absolute Gasteiger partial charge is 0.422 e. The van der Waals surface area contributed by atoms with Gasteiger partial charge in [-0.05, 0) is 49.3 Å². The zero-order valence-corrected chi connectivity index (χ0v) is 12.6. The lowest BCUT2D eigenvalue weighted by atomic mass is 9.88. The van der Waals surface area contributed by atoms with Gasteiger partial charge in [-0.15, -0.1) is 0 Å². The summed E-state index contributed by atoms with van der Waals surface area (Å²) >= 11 is 0. The zero-order valence-electron chi connectivity index (χ0n) is 12.6. The molecule has 110 valence electrons. The van der Waals surface area contributed by atoms with Gasteiger partial charge in [0.25, 0.3) is 0 Å². The third-order valence-electron chi connectivity index (χ3n) is 4.83. The number of nitrogens with zero attached hydrogens (tertiary/aromatic N) is 1. The van der Waals surface area contributed by atoms with Crippen molar-refractivity contribution in [1.29, 1.82) is 0 Å². The molecule has 0 bridgehead atoms. The fourth-order valence-electron chi connectivity index (χ4n) is 4.01. The van der Waals surface area contributed by atoms with E-state index in [1.807, 2.05) is 0 Å². The smallest absolute Gasteiger partial charge is 0.336 e. The Bertz CT molecular complexity index is 758. The van der Waals surface area contributed by atoms with E-state index in [2.05, 4.69) is 17.9 Å². The fourth-order valence-corrected chi connectivity index (χ4v) is 4.01. The number of benzene rings is 1. The molecule has 0 amide bonds. The average molecular weight is 283 g/mol. The molecule has 0 unspecified atom stereocenters. The molecule has 0 radical (unpaired) electrons. The van der Waals surface area contributed by atoms with Crippen LogP contribution in [0.1, 0.15) is 42.9 Å². The minimum atomic E-state index is -0.199. The van der Waals surface area contributed by atoms with Crippen molar-refractivity contribution in [3.8, 4) is 0 Å². The summed E-state index contributed by atoms with van der Waals surface area (Å²) in [5, 5.41) is 1.17. The number of rotatable bonds is 2. The molecule has 2 aliphatic rings. The van der Waals surface area contributed by atoms with Gasteiger partial charge in [0.05, 0.1) is 0 Å². The Morgan fingerprint density at radius 1 is 1.19 bits per heavy atom. The molecule has 1 aromatic carbocycles. The van der Waals surface area contributed by atoms with Crippen LogP contribution in [0.3, 0.4) is 0 Å². The molecule has 0 fully saturated rings. The first-order chi connectivity index (χ1) is 10.3. The van der Waals surface area contributed by atoms with E-state index in [1.165, 1.54) is 28.6 Å². The monoisotopic (exact) mass is 283 g/mol. The first kappa shape index (κ1) is 12.9. The van der Waals surface area contributed by atoms with Gasteiger partial charge < -0.3 is 9.32 Å². The molecule has 0 N–H and O–H groups in total. The lowest BCUT2D eigenvalue weighted by Crippen LogP contribution is -2.34. The highest BCUT2D eigenvalue weighted by Crippen LogP contribution is 2.40. The summed E-state index contributed by atoms with van der Waals surface area (Å²) in [5.41, 5.74) is 5.92. The highest BCUT2D eigenvalue weighted by Gasteiger charge is 2.27. The molecule has 21 heavy (non-hydrogen) atoms. The topological polar surface area (TPSA) is 33.5 Å². The molecule has 0 aliphatic carbocycles. The van der Waals surface area contributed by atoms with Crippen LogP contribution in [0.2, 0.25) is 0 Å². The molecular weight excluding hydrogens is 262 g/mol. The van der Waals surface area contributed by atoms with Crippen molar-refractivity contribution in [2.45, 2.75) is 45.4 Å². The number of anilines is 1. The van der Waals surface area contributed by atoms with E-state index in [1.54, 1.807) is 6.07 Å².